The van der Waals surface area contributed by atoms with Gasteiger partial charge < -0.3 is 31.0 Å². The third-order valence-corrected chi connectivity index (χ3v) is 4.02. The number of aliphatic hydroxyl groups is 2. The summed E-state index contributed by atoms with van der Waals surface area (Å²) in [5.41, 5.74) is 13.5. The van der Waals surface area contributed by atoms with Crippen LogP contribution in [0.25, 0.3) is 11.0 Å². The van der Waals surface area contributed by atoms with Gasteiger partial charge >= 0.3 is 0 Å². The second-order valence-electron chi connectivity index (χ2n) is 5.51. The minimum absolute atomic E-state index is 0.206. The topological polar surface area (TPSA) is 120 Å². The lowest BCUT2D eigenvalue weighted by molar-refractivity contribution is -0.141. The number of nitrogens with zero attached hydrogens (tertiary/aromatic N) is 2. The van der Waals surface area contributed by atoms with Crippen molar-refractivity contribution in [3.05, 3.63) is 30.6 Å². The van der Waals surface area contributed by atoms with Gasteiger partial charge in [0.1, 0.15) is 18.9 Å². The summed E-state index contributed by atoms with van der Waals surface area (Å²) in [6, 6.07) is 6.75. The van der Waals surface area contributed by atoms with Crippen LogP contribution in [0.4, 0.5) is 0 Å². The first-order valence-corrected chi connectivity index (χ1v) is 6.96. The predicted molar refractivity (Wildman–Crippen MR) is 77.2 cm³/mol. The molecule has 1 fully saturated rings. The van der Waals surface area contributed by atoms with E-state index in [2.05, 4.69) is 4.98 Å². The molecule has 2 aromatic rings. The molecule has 0 aliphatic heterocycles. The van der Waals surface area contributed by atoms with E-state index in [-0.39, 0.29) is 6.73 Å². The van der Waals surface area contributed by atoms with E-state index in [4.69, 9.17) is 16.2 Å². The Morgan fingerprint density at radius 2 is 1.95 bits per heavy atom. The van der Waals surface area contributed by atoms with Crippen LogP contribution in [0.3, 0.4) is 0 Å². The Kier molecular flexibility index (Phi) is 3.92. The smallest absolute Gasteiger partial charge is 0.124 e. The molecular weight excluding hydrogens is 272 g/mol. The fourth-order valence-corrected chi connectivity index (χ4v) is 2.79. The number of nitrogens with two attached hydrogens (primary N) is 2. The van der Waals surface area contributed by atoms with Gasteiger partial charge in [0.2, 0.25) is 0 Å². The number of para-hydroxylation sites is 2. The second-order valence-corrected chi connectivity index (χ2v) is 5.51. The highest BCUT2D eigenvalue weighted by Gasteiger charge is 2.41. The maximum Gasteiger partial charge on any atom is 0.124 e. The third kappa shape index (κ3) is 2.66. The van der Waals surface area contributed by atoms with Gasteiger partial charge in [-0.25, -0.2) is 4.98 Å². The van der Waals surface area contributed by atoms with Gasteiger partial charge in [-0.1, -0.05) is 12.1 Å². The van der Waals surface area contributed by atoms with Gasteiger partial charge in [0.05, 0.1) is 23.5 Å². The van der Waals surface area contributed by atoms with Crippen LogP contribution in [-0.2, 0) is 11.5 Å². The highest BCUT2D eigenvalue weighted by Crippen LogP contribution is 2.22. The SMILES string of the molecule is N[C@@H]1C[C@H](N)[C@@H](O)[C@H](O)[C@H]1OCn1cnc2ccccc21. The maximum absolute atomic E-state index is 10.1. The summed E-state index contributed by atoms with van der Waals surface area (Å²) in [7, 11) is 0. The number of benzene rings is 1. The molecule has 1 saturated carbocycles. The molecule has 6 N–H and O–H groups in total. The fraction of sp³-hybridized carbons (Fsp3) is 0.500. The molecule has 3 rings (SSSR count). The summed E-state index contributed by atoms with van der Waals surface area (Å²) < 4.78 is 7.54. The molecule has 0 saturated heterocycles. The highest BCUT2D eigenvalue weighted by molar-refractivity contribution is 5.74. The first-order valence-electron chi connectivity index (χ1n) is 6.96. The molecule has 7 nitrogen and oxygen atoms in total. The number of ether oxygens (including phenoxy) is 1. The summed E-state index contributed by atoms with van der Waals surface area (Å²) in [6.45, 7) is 0.206. The third-order valence-electron chi connectivity index (χ3n) is 4.02. The van der Waals surface area contributed by atoms with Crippen molar-refractivity contribution in [1.82, 2.24) is 9.55 Å². The van der Waals surface area contributed by atoms with Crippen molar-refractivity contribution in [2.75, 3.05) is 0 Å². The van der Waals surface area contributed by atoms with Crippen molar-refractivity contribution in [2.45, 2.75) is 43.5 Å². The number of rotatable bonds is 3. The standard InChI is InChI=1S/C14H20N4O3/c15-8-5-9(16)14(13(20)12(8)19)21-7-18-6-17-10-3-1-2-4-11(10)18/h1-4,6,8-9,12-14,19-20H,5,7,15-16H2/t8-,9+,12+,13-,14-/m0/s1. The van der Waals surface area contributed by atoms with Gasteiger partial charge in [0, 0.05) is 12.1 Å². The lowest BCUT2D eigenvalue weighted by Gasteiger charge is -2.39. The summed E-state index contributed by atoms with van der Waals surface area (Å²) in [6.07, 6.45) is -0.671. The minimum Gasteiger partial charge on any atom is -0.389 e. The van der Waals surface area contributed by atoms with Gasteiger partial charge in [0.25, 0.3) is 0 Å². The normalized spacial score (nSPS) is 33.4. The number of imidazole rings is 1. The van der Waals surface area contributed by atoms with Crippen molar-refractivity contribution in [3.63, 3.8) is 0 Å². The van der Waals surface area contributed by atoms with Gasteiger partial charge in [-0.3, -0.25) is 0 Å². The summed E-state index contributed by atoms with van der Waals surface area (Å²) in [4.78, 5) is 4.27. The molecule has 114 valence electrons. The first kappa shape index (κ1) is 14.4. The lowest BCUT2D eigenvalue weighted by atomic mass is 9.85. The molecule has 1 aliphatic rings. The summed E-state index contributed by atoms with van der Waals surface area (Å²) in [5.74, 6) is 0. The number of aromatic nitrogens is 2. The van der Waals surface area contributed by atoms with Crippen LogP contribution >= 0.6 is 0 Å². The molecule has 0 radical (unpaired) electrons. The van der Waals surface area contributed by atoms with E-state index in [0.29, 0.717) is 6.42 Å². The number of aliphatic hydroxyl groups excluding tert-OH is 2. The number of hydrogen-bond acceptors (Lipinski definition) is 6. The zero-order valence-corrected chi connectivity index (χ0v) is 11.5. The molecule has 0 unspecified atom stereocenters. The Morgan fingerprint density at radius 1 is 1.19 bits per heavy atom. The van der Waals surface area contributed by atoms with Crippen LogP contribution in [0.15, 0.2) is 30.6 Å². The zero-order chi connectivity index (χ0) is 15.0. The van der Waals surface area contributed by atoms with E-state index in [1.54, 1.807) is 6.33 Å². The molecule has 0 amide bonds. The predicted octanol–water partition coefficient (Wildman–Crippen LogP) is -0.841. The van der Waals surface area contributed by atoms with E-state index >= 15 is 0 Å². The molecule has 1 aromatic carbocycles. The van der Waals surface area contributed by atoms with Crippen molar-refractivity contribution in [1.29, 1.82) is 0 Å². The Bertz CT molecular complexity index is 617. The van der Waals surface area contributed by atoms with Crippen molar-refractivity contribution in [3.8, 4) is 0 Å². The van der Waals surface area contributed by atoms with E-state index < -0.39 is 30.4 Å². The number of fused-ring (bicyclic) bond motifs is 1. The monoisotopic (exact) mass is 292 g/mol. The average Bonchev–Trinajstić information content (AvgIpc) is 2.88. The van der Waals surface area contributed by atoms with Gasteiger partial charge in [0.15, 0.2) is 0 Å². The highest BCUT2D eigenvalue weighted by atomic mass is 16.5. The van der Waals surface area contributed by atoms with Crippen molar-refractivity contribution < 1.29 is 14.9 Å². The van der Waals surface area contributed by atoms with Gasteiger partial charge in [-0.2, -0.15) is 0 Å². The van der Waals surface area contributed by atoms with Crippen LogP contribution in [0.1, 0.15) is 6.42 Å². The molecular formula is C14H20N4O3. The van der Waals surface area contributed by atoms with Crippen LogP contribution < -0.4 is 11.5 Å². The van der Waals surface area contributed by atoms with Crippen molar-refractivity contribution >= 4 is 11.0 Å². The molecule has 0 spiro atoms. The van der Waals surface area contributed by atoms with E-state index in [9.17, 15) is 10.2 Å². The Hall–Kier alpha value is -1.51. The fourth-order valence-electron chi connectivity index (χ4n) is 2.79. The van der Waals surface area contributed by atoms with E-state index in [1.165, 1.54) is 0 Å². The largest absolute Gasteiger partial charge is 0.389 e. The zero-order valence-electron chi connectivity index (χ0n) is 11.5. The van der Waals surface area contributed by atoms with Crippen LogP contribution in [0.2, 0.25) is 0 Å². The molecule has 1 heterocycles. The molecule has 7 heteroatoms. The van der Waals surface area contributed by atoms with Crippen LogP contribution in [-0.4, -0.2) is 50.2 Å². The van der Waals surface area contributed by atoms with Gasteiger partial charge in [-0.05, 0) is 18.6 Å². The van der Waals surface area contributed by atoms with Crippen LogP contribution in [0.5, 0.6) is 0 Å². The number of hydrogen-bond donors (Lipinski definition) is 4. The summed E-state index contributed by atoms with van der Waals surface area (Å²) >= 11 is 0. The molecule has 0 bridgehead atoms. The van der Waals surface area contributed by atoms with E-state index in [1.807, 2.05) is 28.8 Å². The average molecular weight is 292 g/mol. The minimum atomic E-state index is -1.08. The van der Waals surface area contributed by atoms with Gasteiger partial charge in [-0.15, -0.1) is 0 Å². The summed E-state index contributed by atoms with van der Waals surface area (Å²) in [5, 5.41) is 19.9. The Balaban J connectivity index is 1.72. The van der Waals surface area contributed by atoms with Crippen LogP contribution in [0, 0.1) is 0 Å². The lowest BCUT2D eigenvalue weighted by Crippen LogP contribution is -2.62. The first-order chi connectivity index (χ1) is 10.1. The maximum atomic E-state index is 10.1. The second kappa shape index (κ2) is 5.70. The molecule has 5 atom stereocenters. The Morgan fingerprint density at radius 3 is 2.76 bits per heavy atom. The Labute approximate surface area is 122 Å². The molecule has 21 heavy (non-hydrogen) atoms. The van der Waals surface area contributed by atoms with Crippen molar-refractivity contribution in [2.24, 2.45) is 11.5 Å². The molecule has 1 aliphatic carbocycles. The van der Waals surface area contributed by atoms with E-state index in [0.717, 1.165) is 11.0 Å². The molecule has 1 aromatic heterocycles. The quantitative estimate of drug-likeness (QED) is 0.585.